The van der Waals surface area contributed by atoms with E-state index in [1.165, 1.54) is 0 Å². The minimum absolute atomic E-state index is 0.257. The highest BCUT2D eigenvalue weighted by molar-refractivity contribution is 7.89. The topological polar surface area (TPSA) is 95.5 Å². The van der Waals surface area contributed by atoms with Crippen molar-refractivity contribution in [2.24, 2.45) is 4.99 Å². The summed E-state index contributed by atoms with van der Waals surface area (Å²) in [6.07, 6.45) is 0. The van der Waals surface area contributed by atoms with Gasteiger partial charge in [0.15, 0.2) is 5.96 Å². The van der Waals surface area contributed by atoms with Crippen molar-refractivity contribution >= 4 is 27.3 Å². The largest absolute Gasteiger partial charge is 0.355 e. The van der Waals surface area contributed by atoms with E-state index in [1.807, 2.05) is 0 Å². The number of nitrogens with zero attached hydrogens (tertiary/aromatic N) is 2. The lowest BCUT2D eigenvalue weighted by Crippen LogP contribution is -2.41. The molecule has 0 atom stereocenters. The summed E-state index contributed by atoms with van der Waals surface area (Å²) in [5, 5.41) is 9.31. The van der Waals surface area contributed by atoms with E-state index in [1.54, 1.807) is 48.7 Å². The maximum absolute atomic E-state index is 12.1. The average molecular weight is 396 g/mol. The molecule has 0 fully saturated rings. The SMILES string of the molecule is CN=C(NCCNS(=O)(=O)c1ccccc1)NCc1nc(C(C)C)cs1. The summed E-state index contributed by atoms with van der Waals surface area (Å²) in [6, 6.07) is 8.30. The van der Waals surface area contributed by atoms with Gasteiger partial charge >= 0.3 is 0 Å². The first kappa shape index (κ1) is 20.3. The molecular weight excluding hydrogens is 370 g/mol. The fourth-order valence-electron chi connectivity index (χ4n) is 2.10. The van der Waals surface area contributed by atoms with E-state index >= 15 is 0 Å². The molecule has 26 heavy (non-hydrogen) atoms. The van der Waals surface area contributed by atoms with Crippen molar-refractivity contribution in [2.45, 2.75) is 31.2 Å². The molecule has 2 rings (SSSR count). The maximum Gasteiger partial charge on any atom is 0.240 e. The summed E-state index contributed by atoms with van der Waals surface area (Å²) < 4.78 is 26.8. The van der Waals surface area contributed by atoms with Crippen LogP contribution in [0.15, 0.2) is 45.6 Å². The minimum Gasteiger partial charge on any atom is -0.355 e. The highest BCUT2D eigenvalue weighted by Crippen LogP contribution is 2.17. The molecule has 0 aliphatic carbocycles. The van der Waals surface area contributed by atoms with Crippen LogP contribution in [0.25, 0.3) is 0 Å². The van der Waals surface area contributed by atoms with E-state index in [0.29, 0.717) is 25.0 Å². The second-order valence-electron chi connectivity index (χ2n) is 5.88. The third-order valence-electron chi connectivity index (χ3n) is 3.55. The second-order valence-corrected chi connectivity index (χ2v) is 8.59. The van der Waals surface area contributed by atoms with Gasteiger partial charge in [-0.05, 0) is 18.1 Å². The van der Waals surface area contributed by atoms with Crippen LogP contribution in [-0.4, -0.2) is 39.5 Å². The van der Waals surface area contributed by atoms with Crippen molar-refractivity contribution in [1.82, 2.24) is 20.3 Å². The molecule has 3 N–H and O–H groups in total. The third kappa shape index (κ3) is 6.08. The molecule has 142 valence electrons. The van der Waals surface area contributed by atoms with Crippen LogP contribution in [0.5, 0.6) is 0 Å². The molecule has 7 nitrogen and oxygen atoms in total. The maximum atomic E-state index is 12.1. The highest BCUT2D eigenvalue weighted by Gasteiger charge is 2.12. The van der Waals surface area contributed by atoms with Crippen molar-refractivity contribution in [3.63, 3.8) is 0 Å². The van der Waals surface area contributed by atoms with Crippen molar-refractivity contribution < 1.29 is 8.42 Å². The lowest BCUT2D eigenvalue weighted by molar-refractivity contribution is 0.580. The summed E-state index contributed by atoms with van der Waals surface area (Å²) in [5.74, 6) is 1.01. The van der Waals surface area contributed by atoms with Gasteiger partial charge in [-0.2, -0.15) is 0 Å². The van der Waals surface area contributed by atoms with Crippen LogP contribution >= 0.6 is 11.3 Å². The molecule has 0 aliphatic rings. The summed E-state index contributed by atoms with van der Waals surface area (Å²) in [4.78, 5) is 8.95. The number of rotatable bonds is 8. The van der Waals surface area contributed by atoms with Crippen molar-refractivity contribution in [2.75, 3.05) is 20.1 Å². The lowest BCUT2D eigenvalue weighted by Gasteiger charge is -2.11. The molecule has 1 heterocycles. The minimum atomic E-state index is -3.48. The highest BCUT2D eigenvalue weighted by atomic mass is 32.2. The van der Waals surface area contributed by atoms with Gasteiger partial charge < -0.3 is 10.6 Å². The average Bonchev–Trinajstić information content (AvgIpc) is 3.11. The fraction of sp³-hybridized carbons (Fsp3) is 0.412. The van der Waals surface area contributed by atoms with Crippen molar-refractivity contribution in [3.8, 4) is 0 Å². The predicted octanol–water partition coefficient (Wildman–Crippen LogP) is 1.91. The number of hydrogen-bond donors (Lipinski definition) is 3. The van der Waals surface area contributed by atoms with E-state index in [2.05, 4.69) is 44.6 Å². The summed E-state index contributed by atoms with van der Waals surface area (Å²) in [5.41, 5.74) is 1.09. The first-order valence-electron chi connectivity index (χ1n) is 8.36. The quantitative estimate of drug-likeness (QED) is 0.360. The van der Waals surface area contributed by atoms with Gasteiger partial charge in [-0.15, -0.1) is 11.3 Å². The van der Waals surface area contributed by atoms with Gasteiger partial charge in [-0.1, -0.05) is 32.0 Å². The zero-order valence-electron chi connectivity index (χ0n) is 15.2. The Morgan fingerprint density at radius 2 is 1.92 bits per heavy atom. The summed E-state index contributed by atoms with van der Waals surface area (Å²) in [6.45, 7) is 5.48. The first-order chi connectivity index (χ1) is 12.4. The van der Waals surface area contributed by atoms with Gasteiger partial charge in [0.1, 0.15) is 5.01 Å². The number of aliphatic imine (C=N–C) groups is 1. The zero-order chi connectivity index (χ0) is 19.0. The predicted molar refractivity (Wildman–Crippen MR) is 106 cm³/mol. The van der Waals surface area contributed by atoms with Gasteiger partial charge in [-0.3, -0.25) is 4.99 Å². The molecule has 0 radical (unpaired) electrons. The second kappa shape index (κ2) is 9.65. The number of sulfonamides is 1. The molecule has 9 heteroatoms. The first-order valence-corrected chi connectivity index (χ1v) is 10.7. The zero-order valence-corrected chi connectivity index (χ0v) is 16.8. The molecular formula is C17H25N5O2S2. The molecule has 2 aromatic rings. The van der Waals surface area contributed by atoms with Crippen molar-refractivity contribution in [3.05, 3.63) is 46.4 Å². The van der Waals surface area contributed by atoms with Crippen LogP contribution in [0.3, 0.4) is 0 Å². The number of nitrogens with one attached hydrogen (secondary N) is 3. The Morgan fingerprint density at radius 3 is 2.54 bits per heavy atom. The molecule has 0 bridgehead atoms. The molecule has 1 aromatic heterocycles. The standard InChI is InChI=1S/C17H25N5O2S2/c1-13(2)15-12-25-16(22-15)11-20-17(18-3)19-9-10-21-26(23,24)14-7-5-4-6-8-14/h4-8,12-13,21H,9-11H2,1-3H3,(H2,18,19,20). The van der Waals surface area contributed by atoms with Gasteiger partial charge in [0.05, 0.1) is 17.1 Å². The molecule has 0 spiro atoms. The van der Waals surface area contributed by atoms with E-state index in [9.17, 15) is 8.42 Å². The van der Waals surface area contributed by atoms with Crippen LogP contribution < -0.4 is 15.4 Å². The van der Waals surface area contributed by atoms with Crippen LogP contribution in [-0.2, 0) is 16.6 Å². The molecule has 0 amide bonds. The number of thiazole rings is 1. The molecule has 0 saturated carbocycles. The van der Waals surface area contributed by atoms with Gasteiger partial charge in [0, 0.05) is 25.5 Å². The van der Waals surface area contributed by atoms with Gasteiger partial charge in [0.25, 0.3) is 0 Å². The Bertz CT molecular complexity index is 817. The summed E-state index contributed by atoms with van der Waals surface area (Å²) >= 11 is 1.61. The molecule has 1 aromatic carbocycles. The van der Waals surface area contributed by atoms with Crippen LogP contribution in [0.2, 0.25) is 0 Å². The molecule has 0 saturated heterocycles. The Balaban J connectivity index is 1.75. The molecule has 0 aliphatic heterocycles. The third-order valence-corrected chi connectivity index (χ3v) is 5.90. The Kier molecular flexibility index (Phi) is 7.55. The Hall–Kier alpha value is -1.97. The van der Waals surface area contributed by atoms with Gasteiger partial charge in [0.2, 0.25) is 10.0 Å². The normalized spacial score (nSPS) is 12.4. The van der Waals surface area contributed by atoms with Crippen LogP contribution in [0, 0.1) is 0 Å². The number of hydrogen-bond acceptors (Lipinski definition) is 5. The number of aromatic nitrogens is 1. The Labute approximate surface area is 159 Å². The van der Waals surface area contributed by atoms with Crippen LogP contribution in [0.4, 0.5) is 0 Å². The van der Waals surface area contributed by atoms with E-state index < -0.39 is 10.0 Å². The van der Waals surface area contributed by atoms with Crippen LogP contribution in [0.1, 0.15) is 30.5 Å². The van der Waals surface area contributed by atoms with E-state index in [4.69, 9.17) is 0 Å². The monoisotopic (exact) mass is 395 g/mol. The van der Waals surface area contributed by atoms with Gasteiger partial charge in [-0.25, -0.2) is 18.1 Å². The van der Waals surface area contributed by atoms with Crippen molar-refractivity contribution in [1.29, 1.82) is 0 Å². The smallest absolute Gasteiger partial charge is 0.240 e. The number of benzene rings is 1. The van der Waals surface area contributed by atoms with E-state index in [0.717, 1.165) is 10.7 Å². The lowest BCUT2D eigenvalue weighted by atomic mass is 10.2. The fourth-order valence-corrected chi connectivity index (χ4v) is 4.05. The van der Waals surface area contributed by atoms with E-state index in [-0.39, 0.29) is 11.4 Å². The number of guanidine groups is 1. The Morgan fingerprint density at radius 1 is 1.19 bits per heavy atom. The molecule has 0 unspecified atom stereocenters. The summed E-state index contributed by atoms with van der Waals surface area (Å²) in [7, 11) is -1.81.